The molecule has 0 fully saturated rings. The number of aromatic amines is 1. The van der Waals surface area contributed by atoms with Crippen molar-refractivity contribution < 1.29 is 9.53 Å². The Bertz CT molecular complexity index is 1330. The van der Waals surface area contributed by atoms with E-state index < -0.39 is 14.8 Å². The zero-order valence-corrected chi connectivity index (χ0v) is 17.9. The summed E-state index contributed by atoms with van der Waals surface area (Å²) >= 11 is 0. The Morgan fingerprint density at radius 1 is 1.21 bits per heavy atom. The Labute approximate surface area is 170 Å². The lowest BCUT2D eigenvalue weighted by atomic mass is 9.98. The lowest BCUT2D eigenvalue weighted by molar-refractivity contribution is -0.129. The van der Waals surface area contributed by atoms with Gasteiger partial charge in [-0.15, -0.1) is 0 Å². The number of carbonyl (C=O) groups excluding carboxylic acids is 1. The first-order valence-electron chi connectivity index (χ1n) is 9.38. The van der Waals surface area contributed by atoms with Crippen LogP contribution in [0.25, 0.3) is 22.0 Å². The maximum atomic E-state index is 12.5. The number of fused-ring (bicyclic) bond motifs is 2. The van der Waals surface area contributed by atoms with Gasteiger partial charge in [-0.25, -0.2) is 0 Å². The lowest BCUT2D eigenvalue weighted by Gasteiger charge is -2.34. The number of carbonyl (C=O) groups is 1. The summed E-state index contributed by atoms with van der Waals surface area (Å²) in [5, 5.41) is 3.78. The zero-order valence-electron chi connectivity index (χ0n) is 17.1. The van der Waals surface area contributed by atoms with Gasteiger partial charge in [-0.3, -0.25) is 9.59 Å². The Morgan fingerprint density at radius 2 is 1.93 bits per heavy atom. The van der Waals surface area contributed by atoms with Crippen LogP contribution in [0.5, 0.6) is 5.75 Å². The number of pyridine rings is 1. The number of rotatable bonds is 3. The van der Waals surface area contributed by atoms with Crippen molar-refractivity contribution in [3.05, 3.63) is 40.9 Å². The van der Waals surface area contributed by atoms with Gasteiger partial charge in [0.1, 0.15) is 5.52 Å². The first-order chi connectivity index (χ1) is 13.5. The molecular formula is C22H25N3O3S. The van der Waals surface area contributed by atoms with Crippen molar-refractivity contribution >= 4 is 43.4 Å². The molecule has 7 heteroatoms. The molecule has 0 spiro atoms. The largest absolute Gasteiger partial charge is 0.475 e. The van der Waals surface area contributed by atoms with Crippen LogP contribution in [-0.2, 0) is 11.8 Å². The maximum Gasteiger partial charge on any atom is 0.274 e. The van der Waals surface area contributed by atoms with Gasteiger partial charge in [-0.1, -0.05) is 18.7 Å². The van der Waals surface area contributed by atoms with Gasteiger partial charge in [0.25, 0.3) is 11.5 Å². The van der Waals surface area contributed by atoms with E-state index in [-0.39, 0.29) is 11.5 Å². The number of anilines is 1. The third kappa shape index (κ3) is 2.97. The second kappa shape index (κ2) is 6.29. The molecule has 0 saturated carbocycles. The average molecular weight is 412 g/mol. The smallest absolute Gasteiger partial charge is 0.274 e. The molecule has 1 aliphatic heterocycles. The molecule has 1 aliphatic rings. The first-order valence-corrected chi connectivity index (χ1v) is 11.5. The normalized spacial score (nSPS) is 15.7. The Balaban J connectivity index is 2.11. The van der Waals surface area contributed by atoms with Crippen molar-refractivity contribution in [3.63, 3.8) is 0 Å². The number of ether oxygens (including phenoxy) is 1. The summed E-state index contributed by atoms with van der Waals surface area (Å²) in [5.41, 5.74) is 1.68. The molecule has 3 heterocycles. The third-order valence-corrected chi connectivity index (χ3v) is 7.79. The van der Waals surface area contributed by atoms with Crippen LogP contribution in [-0.4, -0.2) is 38.6 Å². The van der Waals surface area contributed by atoms with Crippen LogP contribution in [0.2, 0.25) is 0 Å². The number of nitrogens with zero attached hydrogens (tertiary/aromatic N) is 1. The van der Waals surface area contributed by atoms with Gasteiger partial charge in [0.2, 0.25) is 0 Å². The number of aromatic nitrogens is 2. The minimum Gasteiger partial charge on any atom is -0.475 e. The van der Waals surface area contributed by atoms with Crippen LogP contribution >= 0.6 is 9.21 Å². The van der Waals surface area contributed by atoms with E-state index in [1.165, 1.54) is 0 Å². The Hall–Kier alpha value is -2.93. The van der Waals surface area contributed by atoms with E-state index in [1.807, 2.05) is 18.2 Å². The van der Waals surface area contributed by atoms with Gasteiger partial charge in [-0.2, -0.15) is 9.21 Å². The quantitative estimate of drug-likeness (QED) is 0.646. The second-order valence-electron chi connectivity index (χ2n) is 7.97. The summed E-state index contributed by atoms with van der Waals surface area (Å²) in [6, 6.07) is 5.84. The van der Waals surface area contributed by atoms with E-state index in [1.54, 1.807) is 37.9 Å². The molecule has 0 bridgehead atoms. The van der Waals surface area contributed by atoms with Gasteiger partial charge >= 0.3 is 0 Å². The van der Waals surface area contributed by atoms with Crippen LogP contribution in [0.15, 0.2) is 40.3 Å². The summed E-state index contributed by atoms with van der Waals surface area (Å²) in [7, 11) is 0.172. The van der Waals surface area contributed by atoms with E-state index >= 15 is 0 Å². The summed E-state index contributed by atoms with van der Waals surface area (Å²) in [5.74, 6) is 9.85. The van der Waals surface area contributed by atoms with Crippen molar-refractivity contribution in [2.24, 2.45) is 7.05 Å². The highest BCUT2D eigenvalue weighted by atomic mass is 32.2. The number of amides is 1. The number of hydrogen-bond acceptors (Lipinski definition) is 3. The highest BCUT2D eigenvalue weighted by molar-refractivity contribution is 8.27. The summed E-state index contributed by atoms with van der Waals surface area (Å²) in [4.78, 5) is 29.0. The van der Waals surface area contributed by atoms with E-state index in [4.69, 9.17) is 4.74 Å². The molecule has 152 valence electrons. The van der Waals surface area contributed by atoms with E-state index in [0.29, 0.717) is 17.0 Å². The molecule has 0 saturated heterocycles. The molecule has 6 nitrogen and oxygen atoms in total. The number of benzene rings is 1. The molecule has 3 aromatic rings. The summed E-state index contributed by atoms with van der Waals surface area (Å²) < 4.78 is 7.72. The molecule has 4 rings (SSSR count). The highest BCUT2D eigenvalue weighted by Gasteiger charge is 2.37. The van der Waals surface area contributed by atoms with Gasteiger partial charge < -0.3 is 19.6 Å². The molecule has 0 unspecified atom stereocenters. The van der Waals surface area contributed by atoms with Gasteiger partial charge in [-0.05, 0) is 42.7 Å². The predicted molar refractivity (Wildman–Crippen MR) is 123 cm³/mol. The fraction of sp³-hybridized carbons (Fsp3) is 0.273. The van der Waals surface area contributed by atoms with Crippen molar-refractivity contribution in [1.29, 1.82) is 0 Å². The van der Waals surface area contributed by atoms with Crippen LogP contribution in [0.4, 0.5) is 5.69 Å². The fourth-order valence-electron chi connectivity index (χ4n) is 3.48. The van der Waals surface area contributed by atoms with Crippen molar-refractivity contribution in [1.82, 2.24) is 9.55 Å². The molecule has 0 atom stereocenters. The summed E-state index contributed by atoms with van der Waals surface area (Å²) in [6.45, 7) is 5.53. The Kier molecular flexibility index (Phi) is 4.20. The summed E-state index contributed by atoms with van der Waals surface area (Å²) in [6.07, 6.45) is 3.56. The molecule has 29 heavy (non-hydrogen) atoms. The molecular weight excluding hydrogens is 386 g/mol. The third-order valence-electron chi connectivity index (χ3n) is 5.45. The minimum absolute atomic E-state index is 0.101. The van der Waals surface area contributed by atoms with E-state index in [9.17, 15) is 9.59 Å². The molecule has 2 aromatic heterocycles. The second-order valence-corrected chi connectivity index (χ2v) is 11.1. The standard InChI is InChI=1S/C22H25N3O3S/c1-7-29(5,6)13-10-15(19-17(11-13)24-21(27)22(2,3)28-19)16-12-25(4)20(26)18-14(16)8-9-23-18/h8-12,23H,5-7H2,1-4H3,(H,24,27). The molecule has 0 radical (unpaired) electrons. The van der Waals surface area contributed by atoms with Crippen LogP contribution in [0.1, 0.15) is 20.8 Å². The van der Waals surface area contributed by atoms with Gasteiger partial charge in [0.15, 0.2) is 11.4 Å². The minimum atomic E-state index is -1.55. The van der Waals surface area contributed by atoms with Gasteiger partial charge in [0, 0.05) is 36.0 Å². The number of aryl methyl sites for hydroxylation is 1. The van der Waals surface area contributed by atoms with Crippen molar-refractivity contribution in [2.75, 3.05) is 11.1 Å². The Morgan fingerprint density at radius 3 is 2.62 bits per heavy atom. The number of nitrogens with one attached hydrogen (secondary N) is 2. The van der Waals surface area contributed by atoms with E-state index in [2.05, 4.69) is 29.0 Å². The fourth-order valence-corrected chi connectivity index (χ4v) is 4.55. The molecule has 1 amide bonds. The number of hydrogen-bond donors (Lipinski definition) is 2. The zero-order chi connectivity index (χ0) is 21.1. The van der Waals surface area contributed by atoms with E-state index in [0.717, 1.165) is 27.2 Å². The van der Waals surface area contributed by atoms with Crippen molar-refractivity contribution in [2.45, 2.75) is 31.3 Å². The highest BCUT2D eigenvalue weighted by Crippen LogP contribution is 2.47. The average Bonchev–Trinajstić information content (AvgIpc) is 3.15. The lowest BCUT2D eigenvalue weighted by Crippen LogP contribution is -2.45. The monoisotopic (exact) mass is 411 g/mol. The number of H-pyrrole nitrogens is 1. The molecule has 0 aliphatic carbocycles. The van der Waals surface area contributed by atoms with Crippen LogP contribution in [0, 0.1) is 0 Å². The topological polar surface area (TPSA) is 76.1 Å². The first kappa shape index (κ1) is 19.4. The SMILES string of the molecule is C=S(=C)(CC)c1cc2c(c(-c3cn(C)c(=O)c4[nH]ccc34)c1)OC(C)(C)C(=O)N2. The predicted octanol–water partition coefficient (Wildman–Crippen LogP) is 3.69. The molecule has 2 N–H and O–H groups in total. The molecule has 1 aromatic carbocycles. The van der Waals surface area contributed by atoms with Crippen molar-refractivity contribution in [3.8, 4) is 16.9 Å². The van der Waals surface area contributed by atoms with Crippen LogP contribution < -0.4 is 15.6 Å². The maximum absolute atomic E-state index is 12.5. The van der Waals surface area contributed by atoms with Crippen LogP contribution in [0.3, 0.4) is 0 Å². The van der Waals surface area contributed by atoms with Gasteiger partial charge in [0.05, 0.1) is 5.69 Å².